The van der Waals surface area contributed by atoms with E-state index in [2.05, 4.69) is 4.98 Å². The van der Waals surface area contributed by atoms with Gasteiger partial charge in [-0.2, -0.15) is 0 Å². The fourth-order valence-corrected chi connectivity index (χ4v) is 3.64. The Morgan fingerprint density at radius 2 is 2.41 bits per heavy atom. The first-order chi connectivity index (χ1) is 7.99. The predicted molar refractivity (Wildman–Crippen MR) is 65.6 cm³/mol. The molecule has 7 heteroatoms. The standard InChI is InChI=1S/C10H14N2O3S2/c1-8-6-12(2-3-17(8,14)15)10(13)4-9-5-11-7-16-9/h5,7-8H,2-4,6H2,1H3. The zero-order valence-corrected chi connectivity index (χ0v) is 11.1. The van der Waals surface area contributed by atoms with Crippen molar-refractivity contribution in [2.45, 2.75) is 18.6 Å². The van der Waals surface area contributed by atoms with Crippen molar-refractivity contribution in [1.29, 1.82) is 0 Å². The van der Waals surface area contributed by atoms with E-state index < -0.39 is 15.1 Å². The molecule has 1 aliphatic heterocycles. The monoisotopic (exact) mass is 274 g/mol. The number of carbonyl (C=O) groups excluding carboxylic acids is 1. The van der Waals surface area contributed by atoms with Gasteiger partial charge in [-0.05, 0) is 6.92 Å². The summed E-state index contributed by atoms with van der Waals surface area (Å²) in [5.74, 6) is 0.0544. The van der Waals surface area contributed by atoms with Gasteiger partial charge in [0.05, 0.1) is 22.9 Å². The minimum absolute atomic E-state index is 0.0176. The number of amides is 1. The fraction of sp³-hybridized carbons (Fsp3) is 0.600. The summed E-state index contributed by atoms with van der Waals surface area (Å²) < 4.78 is 23.0. The Morgan fingerprint density at radius 3 is 3.00 bits per heavy atom. The van der Waals surface area contributed by atoms with Gasteiger partial charge in [0.2, 0.25) is 5.91 Å². The zero-order chi connectivity index (χ0) is 12.5. The van der Waals surface area contributed by atoms with E-state index >= 15 is 0 Å². The van der Waals surface area contributed by atoms with Crippen LogP contribution in [-0.2, 0) is 21.1 Å². The molecule has 2 heterocycles. The number of carbonyl (C=O) groups is 1. The van der Waals surface area contributed by atoms with Crippen molar-refractivity contribution in [3.63, 3.8) is 0 Å². The molecular formula is C10H14N2O3S2. The van der Waals surface area contributed by atoms with Crippen molar-refractivity contribution >= 4 is 27.1 Å². The van der Waals surface area contributed by atoms with E-state index in [4.69, 9.17) is 0 Å². The van der Waals surface area contributed by atoms with Gasteiger partial charge in [-0.15, -0.1) is 11.3 Å². The molecule has 0 spiro atoms. The first-order valence-electron chi connectivity index (χ1n) is 5.36. The molecule has 1 saturated heterocycles. The molecular weight excluding hydrogens is 260 g/mol. The van der Waals surface area contributed by atoms with Crippen molar-refractivity contribution in [1.82, 2.24) is 9.88 Å². The molecule has 0 saturated carbocycles. The number of nitrogens with zero attached hydrogens (tertiary/aromatic N) is 2. The lowest BCUT2D eigenvalue weighted by atomic mass is 10.3. The highest BCUT2D eigenvalue weighted by Gasteiger charge is 2.31. The first-order valence-corrected chi connectivity index (χ1v) is 7.95. The molecule has 1 atom stereocenters. The van der Waals surface area contributed by atoms with Crippen LogP contribution < -0.4 is 0 Å². The molecule has 0 aromatic carbocycles. The van der Waals surface area contributed by atoms with E-state index in [1.807, 2.05) is 0 Å². The number of sulfone groups is 1. The third-order valence-electron chi connectivity index (χ3n) is 2.90. The van der Waals surface area contributed by atoms with Crippen LogP contribution in [0.2, 0.25) is 0 Å². The van der Waals surface area contributed by atoms with E-state index in [0.717, 1.165) is 4.88 Å². The Morgan fingerprint density at radius 1 is 1.65 bits per heavy atom. The summed E-state index contributed by atoms with van der Waals surface area (Å²) in [5.41, 5.74) is 1.69. The van der Waals surface area contributed by atoms with Gasteiger partial charge in [0.1, 0.15) is 0 Å². The average molecular weight is 274 g/mol. The SMILES string of the molecule is CC1CN(C(=O)Cc2cncs2)CCS1(=O)=O. The number of rotatable bonds is 2. The van der Waals surface area contributed by atoms with Crippen LogP contribution in [0.1, 0.15) is 11.8 Å². The smallest absolute Gasteiger partial charge is 0.227 e. The Balaban J connectivity index is 1.98. The van der Waals surface area contributed by atoms with Gasteiger partial charge in [0.25, 0.3) is 0 Å². The molecule has 0 bridgehead atoms. The molecule has 1 unspecified atom stereocenters. The van der Waals surface area contributed by atoms with Crippen LogP contribution in [0.3, 0.4) is 0 Å². The second kappa shape index (κ2) is 4.73. The molecule has 1 amide bonds. The number of hydrogen-bond donors (Lipinski definition) is 0. The summed E-state index contributed by atoms with van der Waals surface area (Å²) in [5, 5.41) is -0.457. The van der Waals surface area contributed by atoms with Crippen LogP contribution in [0.4, 0.5) is 0 Å². The van der Waals surface area contributed by atoms with Gasteiger partial charge >= 0.3 is 0 Å². The van der Waals surface area contributed by atoms with Crippen LogP contribution in [0, 0.1) is 0 Å². The van der Waals surface area contributed by atoms with E-state index in [-0.39, 0.29) is 11.7 Å². The van der Waals surface area contributed by atoms with E-state index in [0.29, 0.717) is 19.5 Å². The maximum atomic E-state index is 11.9. The lowest BCUT2D eigenvalue weighted by molar-refractivity contribution is -0.130. The summed E-state index contributed by atoms with van der Waals surface area (Å²) in [7, 11) is -2.99. The molecule has 0 N–H and O–H groups in total. The predicted octanol–water partition coefficient (Wildman–Crippen LogP) is 0.331. The van der Waals surface area contributed by atoms with Crippen molar-refractivity contribution in [3.8, 4) is 0 Å². The van der Waals surface area contributed by atoms with Crippen LogP contribution in [0.5, 0.6) is 0 Å². The summed E-state index contributed by atoms with van der Waals surface area (Å²) in [4.78, 5) is 18.4. The van der Waals surface area contributed by atoms with Gasteiger partial charge < -0.3 is 4.90 Å². The number of aromatic nitrogens is 1. The van der Waals surface area contributed by atoms with Crippen LogP contribution in [0.15, 0.2) is 11.7 Å². The lowest BCUT2D eigenvalue weighted by Gasteiger charge is -2.30. The van der Waals surface area contributed by atoms with E-state index in [9.17, 15) is 13.2 Å². The number of hydrogen-bond acceptors (Lipinski definition) is 5. The van der Waals surface area contributed by atoms with Crippen LogP contribution >= 0.6 is 11.3 Å². The molecule has 17 heavy (non-hydrogen) atoms. The van der Waals surface area contributed by atoms with Crippen molar-refractivity contribution in [2.75, 3.05) is 18.8 Å². The molecule has 5 nitrogen and oxygen atoms in total. The molecule has 0 aliphatic carbocycles. The van der Waals surface area contributed by atoms with Crippen LogP contribution in [0.25, 0.3) is 0 Å². The minimum Gasteiger partial charge on any atom is -0.340 e. The molecule has 0 radical (unpaired) electrons. The second-order valence-corrected chi connectivity index (χ2v) is 7.67. The van der Waals surface area contributed by atoms with Gasteiger partial charge in [0, 0.05) is 24.2 Å². The average Bonchev–Trinajstić information content (AvgIpc) is 2.74. The quantitative estimate of drug-likeness (QED) is 0.779. The topological polar surface area (TPSA) is 67.3 Å². The largest absolute Gasteiger partial charge is 0.340 e. The summed E-state index contributed by atoms with van der Waals surface area (Å²) in [6.45, 7) is 2.27. The van der Waals surface area contributed by atoms with E-state index in [1.54, 1.807) is 23.5 Å². The van der Waals surface area contributed by atoms with Crippen LogP contribution in [-0.4, -0.2) is 48.3 Å². The first kappa shape index (κ1) is 12.5. The highest BCUT2D eigenvalue weighted by Crippen LogP contribution is 2.14. The van der Waals surface area contributed by atoms with Crippen molar-refractivity contribution in [2.24, 2.45) is 0 Å². The molecule has 1 aliphatic rings. The number of thiazole rings is 1. The lowest BCUT2D eigenvalue weighted by Crippen LogP contribution is -2.48. The fourth-order valence-electron chi connectivity index (χ4n) is 1.77. The molecule has 94 valence electrons. The van der Waals surface area contributed by atoms with Crippen molar-refractivity contribution in [3.05, 3.63) is 16.6 Å². The normalized spacial score (nSPS) is 23.6. The second-order valence-electron chi connectivity index (χ2n) is 4.16. The Kier molecular flexibility index (Phi) is 3.48. The highest BCUT2D eigenvalue weighted by atomic mass is 32.2. The molecule has 1 fully saturated rings. The minimum atomic E-state index is -2.99. The highest BCUT2D eigenvalue weighted by molar-refractivity contribution is 7.92. The van der Waals surface area contributed by atoms with Gasteiger partial charge in [-0.1, -0.05) is 0 Å². The summed E-state index contributed by atoms with van der Waals surface area (Å²) in [6.07, 6.45) is 1.99. The third-order valence-corrected chi connectivity index (χ3v) is 5.80. The van der Waals surface area contributed by atoms with Gasteiger partial charge in [0.15, 0.2) is 9.84 Å². The molecule has 2 rings (SSSR count). The Labute approximate surface area is 104 Å². The molecule has 1 aromatic heterocycles. The van der Waals surface area contributed by atoms with E-state index in [1.165, 1.54) is 11.3 Å². The summed E-state index contributed by atoms with van der Waals surface area (Å²) in [6, 6.07) is 0. The Hall–Kier alpha value is -0.950. The summed E-state index contributed by atoms with van der Waals surface area (Å²) >= 11 is 1.44. The zero-order valence-electron chi connectivity index (χ0n) is 9.50. The van der Waals surface area contributed by atoms with Crippen molar-refractivity contribution < 1.29 is 13.2 Å². The maximum Gasteiger partial charge on any atom is 0.227 e. The van der Waals surface area contributed by atoms with Gasteiger partial charge in [-0.3, -0.25) is 9.78 Å². The van der Waals surface area contributed by atoms with Gasteiger partial charge in [-0.25, -0.2) is 8.42 Å². The maximum absolute atomic E-state index is 11.9. The third kappa shape index (κ3) is 2.84. The molecule has 1 aromatic rings. The Bertz CT molecular complexity index is 496.